The first-order valence-electron chi connectivity index (χ1n) is 7.71. The van der Waals surface area contributed by atoms with Crippen molar-refractivity contribution in [3.8, 4) is 0 Å². The van der Waals surface area contributed by atoms with Gasteiger partial charge in [0, 0.05) is 31.9 Å². The predicted molar refractivity (Wildman–Crippen MR) is 92.7 cm³/mol. The van der Waals surface area contributed by atoms with Gasteiger partial charge in [-0.1, -0.05) is 0 Å². The van der Waals surface area contributed by atoms with E-state index in [9.17, 15) is 9.59 Å². The molecule has 1 aromatic rings. The maximum atomic E-state index is 12.0. The average molecular weight is 340 g/mol. The molecule has 23 heavy (non-hydrogen) atoms. The quantitative estimate of drug-likeness (QED) is 0.616. The number of nitrogens with zero attached hydrogens (tertiary/aromatic N) is 1. The number of esters is 1. The lowest BCUT2D eigenvalue weighted by molar-refractivity contribution is -0.116. The fourth-order valence-corrected chi connectivity index (χ4v) is 2.73. The van der Waals surface area contributed by atoms with Crippen LogP contribution in [0.5, 0.6) is 0 Å². The monoisotopic (exact) mass is 339 g/mol. The topological polar surface area (TPSA) is 70.7 Å². The zero-order chi connectivity index (χ0) is 16.8. The van der Waals surface area contributed by atoms with Gasteiger partial charge >= 0.3 is 5.97 Å². The summed E-state index contributed by atoms with van der Waals surface area (Å²) in [6.45, 7) is 4.49. The fourth-order valence-electron chi connectivity index (χ4n) is 2.60. The molecule has 0 aromatic heterocycles. The molecule has 0 fully saturated rings. The van der Waals surface area contributed by atoms with Crippen LogP contribution in [0.1, 0.15) is 30.1 Å². The number of carbonyl (C=O) groups excluding carboxylic acids is 2. The van der Waals surface area contributed by atoms with Gasteiger partial charge in [0.15, 0.2) is 0 Å². The largest absolute Gasteiger partial charge is 0.465 e. The van der Waals surface area contributed by atoms with E-state index < -0.39 is 5.97 Å². The number of anilines is 3. The van der Waals surface area contributed by atoms with Crippen LogP contribution in [0.3, 0.4) is 0 Å². The molecule has 0 bridgehead atoms. The van der Waals surface area contributed by atoms with Crippen LogP contribution in [-0.2, 0) is 9.53 Å². The number of hydrogen-bond acceptors (Lipinski definition) is 5. The summed E-state index contributed by atoms with van der Waals surface area (Å²) < 4.78 is 4.81. The molecule has 7 heteroatoms. The van der Waals surface area contributed by atoms with Crippen molar-refractivity contribution in [2.75, 3.05) is 48.2 Å². The van der Waals surface area contributed by atoms with Crippen molar-refractivity contribution in [1.29, 1.82) is 0 Å². The summed E-state index contributed by atoms with van der Waals surface area (Å²) >= 11 is 5.63. The Hall–Kier alpha value is -1.95. The maximum Gasteiger partial charge on any atom is 0.338 e. The summed E-state index contributed by atoms with van der Waals surface area (Å²) in [6, 6.07) is 3.45. The lowest BCUT2D eigenvalue weighted by atomic mass is 10.1. The molecule has 2 N–H and O–H groups in total. The van der Waals surface area contributed by atoms with Gasteiger partial charge < -0.3 is 20.3 Å². The third-order valence-corrected chi connectivity index (χ3v) is 4.02. The van der Waals surface area contributed by atoms with Gasteiger partial charge in [0.2, 0.25) is 5.91 Å². The number of ether oxygens (including phenoxy) is 1. The number of carbonyl (C=O) groups is 2. The Labute approximate surface area is 141 Å². The second-order valence-electron chi connectivity index (χ2n) is 5.26. The molecule has 1 amide bonds. The summed E-state index contributed by atoms with van der Waals surface area (Å²) in [5.74, 6) is -0.105. The minimum atomic E-state index is -0.425. The Morgan fingerprint density at radius 1 is 1.43 bits per heavy atom. The lowest BCUT2D eigenvalue weighted by Gasteiger charge is -2.33. The van der Waals surface area contributed by atoms with Crippen molar-refractivity contribution < 1.29 is 14.3 Å². The Morgan fingerprint density at radius 3 is 2.87 bits per heavy atom. The highest BCUT2D eigenvalue weighted by Crippen LogP contribution is 2.37. The summed E-state index contributed by atoms with van der Waals surface area (Å²) in [7, 11) is 1.34. The van der Waals surface area contributed by atoms with Crippen LogP contribution in [0, 0.1) is 0 Å². The van der Waals surface area contributed by atoms with Crippen LogP contribution in [-0.4, -0.2) is 44.5 Å². The molecule has 1 aliphatic rings. The van der Waals surface area contributed by atoms with E-state index in [-0.39, 0.29) is 5.91 Å². The first kappa shape index (κ1) is 17.4. The van der Waals surface area contributed by atoms with Crippen LogP contribution >= 0.6 is 11.6 Å². The molecular weight excluding hydrogens is 318 g/mol. The van der Waals surface area contributed by atoms with Crippen LogP contribution in [0.25, 0.3) is 0 Å². The molecule has 0 radical (unpaired) electrons. The van der Waals surface area contributed by atoms with Gasteiger partial charge in [-0.25, -0.2) is 4.79 Å². The molecule has 6 nitrogen and oxygen atoms in total. The molecule has 0 saturated heterocycles. The summed E-state index contributed by atoms with van der Waals surface area (Å²) in [5, 5.41) is 6.18. The summed E-state index contributed by atoms with van der Waals surface area (Å²) in [5.41, 5.74) is 2.75. The predicted octanol–water partition coefficient (Wildman–Crippen LogP) is 2.68. The van der Waals surface area contributed by atoms with Crippen molar-refractivity contribution in [1.82, 2.24) is 0 Å². The van der Waals surface area contributed by atoms with Gasteiger partial charge in [0.1, 0.15) is 0 Å². The lowest BCUT2D eigenvalue weighted by Crippen LogP contribution is -2.34. The number of halogens is 1. The zero-order valence-corrected chi connectivity index (χ0v) is 14.2. The van der Waals surface area contributed by atoms with Crippen molar-refractivity contribution in [3.63, 3.8) is 0 Å². The highest BCUT2D eigenvalue weighted by molar-refractivity contribution is 6.18. The number of nitrogens with one attached hydrogen (secondary N) is 2. The van der Waals surface area contributed by atoms with Gasteiger partial charge in [-0.3, -0.25) is 4.79 Å². The van der Waals surface area contributed by atoms with Gasteiger partial charge in [-0.2, -0.15) is 0 Å². The molecule has 0 aliphatic carbocycles. The molecule has 2 rings (SSSR count). The zero-order valence-electron chi connectivity index (χ0n) is 13.4. The van der Waals surface area contributed by atoms with E-state index in [4.69, 9.17) is 16.3 Å². The first-order valence-corrected chi connectivity index (χ1v) is 8.25. The van der Waals surface area contributed by atoms with Crippen molar-refractivity contribution in [2.45, 2.75) is 19.8 Å². The summed E-state index contributed by atoms with van der Waals surface area (Å²) in [4.78, 5) is 26.1. The molecule has 1 aromatic carbocycles. The fraction of sp³-hybridized carbons (Fsp3) is 0.500. The van der Waals surface area contributed by atoms with Crippen LogP contribution in [0.2, 0.25) is 0 Å². The molecule has 1 aliphatic heterocycles. The normalized spacial score (nSPS) is 13.1. The van der Waals surface area contributed by atoms with E-state index in [2.05, 4.69) is 22.5 Å². The smallest absolute Gasteiger partial charge is 0.338 e. The molecule has 0 unspecified atom stereocenters. The Balaban J connectivity index is 2.38. The van der Waals surface area contributed by atoms with Crippen LogP contribution in [0.4, 0.5) is 17.1 Å². The number of fused-ring (bicyclic) bond motifs is 1. The number of benzene rings is 1. The van der Waals surface area contributed by atoms with Crippen molar-refractivity contribution in [3.05, 3.63) is 17.7 Å². The Bertz CT molecular complexity index is 592. The maximum absolute atomic E-state index is 12.0. The van der Waals surface area contributed by atoms with E-state index in [1.807, 2.05) is 0 Å². The molecule has 0 saturated carbocycles. The van der Waals surface area contributed by atoms with E-state index in [1.165, 1.54) is 7.11 Å². The minimum absolute atomic E-state index is 0.120. The number of amides is 1. The standard InChI is InChI=1S/C16H22ClN3O3/c1-3-20-8-7-18-15-12(19-14(21)5-4-6-17)9-11(10-13(15)20)16(22)23-2/h9-10,18H,3-8H2,1-2H3,(H,19,21). The third kappa shape index (κ3) is 4.07. The van der Waals surface area contributed by atoms with Crippen LogP contribution in [0.15, 0.2) is 12.1 Å². The number of rotatable bonds is 6. The van der Waals surface area contributed by atoms with Gasteiger partial charge in [0.25, 0.3) is 0 Å². The average Bonchev–Trinajstić information content (AvgIpc) is 2.58. The molecule has 1 heterocycles. The second kappa shape index (κ2) is 8.06. The van der Waals surface area contributed by atoms with E-state index in [1.54, 1.807) is 12.1 Å². The van der Waals surface area contributed by atoms with Gasteiger partial charge in [-0.05, 0) is 25.5 Å². The van der Waals surface area contributed by atoms with Crippen LogP contribution < -0.4 is 15.5 Å². The number of alkyl halides is 1. The SMILES string of the molecule is CCN1CCNc2c(NC(=O)CCCCl)cc(C(=O)OC)cc21. The number of hydrogen-bond donors (Lipinski definition) is 2. The molecular formula is C16H22ClN3O3. The van der Waals surface area contributed by atoms with E-state index >= 15 is 0 Å². The second-order valence-corrected chi connectivity index (χ2v) is 5.63. The highest BCUT2D eigenvalue weighted by atomic mass is 35.5. The molecule has 126 valence electrons. The number of methoxy groups -OCH3 is 1. The third-order valence-electron chi connectivity index (χ3n) is 3.76. The molecule has 0 spiro atoms. The van der Waals surface area contributed by atoms with Crippen molar-refractivity contribution >= 4 is 40.5 Å². The number of likely N-dealkylation sites (N-methyl/N-ethyl adjacent to an activating group) is 1. The van der Waals surface area contributed by atoms with Crippen molar-refractivity contribution in [2.24, 2.45) is 0 Å². The van der Waals surface area contributed by atoms with E-state index in [0.29, 0.717) is 30.0 Å². The van der Waals surface area contributed by atoms with Gasteiger partial charge in [0.05, 0.1) is 29.7 Å². The Morgan fingerprint density at radius 2 is 2.22 bits per heavy atom. The minimum Gasteiger partial charge on any atom is -0.465 e. The van der Waals surface area contributed by atoms with Gasteiger partial charge in [-0.15, -0.1) is 11.6 Å². The Kier molecular flexibility index (Phi) is 6.10. The summed E-state index contributed by atoms with van der Waals surface area (Å²) in [6.07, 6.45) is 0.957. The van der Waals surface area contributed by atoms with E-state index in [0.717, 1.165) is 31.0 Å². The highest BCUT2D eigenvalue weighted by Gasteiger charge is 2.22. The molecule has 0 atom stereocenters. The first-order chi connectivity index (χ1) is 11.1.